The summed E-state index contributed by atoms with van der Waals surface area (Å²) in [6, 6.07) is 13.7. The van der Waals surface area contributed by atoms with Crippen LogP contribution >= 0.6 is 34.2 Å². The molecule has 0 aliphatic rings. The van der Waals surface area contributed by atoms with Crippen molar-refractivity contribution in [2.24, 2.45) is 0 Å². The number of nitrogens with one attached hydrogen (secondary N) is 2. The first-order valence-corrected chi connectivity index (χ1v) is 9.11. The van der Waals surface area contributed by atoms with Crippen LogP contribution in [-0.4, -0.2) is 11.8 Å². The second kappa shape index (κ2) is 7.92. The lowest BCUT2D eigenvalue weighted by atomic mass is 10.1. The van der Waals surface area contributed by atoms with Crippen molar-refractivity contribution in [1.82, 2.24) is 0 Å². The zero-order valence-corrected chi connectivity index (χ0v) is 16.6. The van der Waals surface area contributed by atoms with Gasteiger partial charge in [-0.3, -0.25) is 9.59 Å². The van der Waals surface area contributed by atoms with Gasteiger partial charge in [-0.15, -0.1) is 0 Å². The fourth-order valence-electron chi connectivity index (χ4n) is 2.30. The van der Waals surface area contributed by atoms with Gasteiger partial charge in [0.1, 0.15) is 0 Å². The van der Waals surface area contributed by atoms with Gasteiger partial charge in [0.2, 0.25) is 0 Å². The van der Waals surface area contributed by atoms with E-state index in [9.17, 15) is 9.59 Å². The van der Waals surface area contributed by atoms with Crippen LogP contribution in [0.4, 0.5) is 11.4 Å². The summed E-state index contributed by atoms with van der Waals surface area (Å²) in [4.78, 5) is 24.6. The number of amides is 2. The zero-order chi connectivity index (χ0) is 18.7. The maximum atomic E-state index is 12.6. The summed E-state index contributed by atoms with van der Waals surface area (Å²) >= 11 is 8.24. The standard InChI is InChI=1S/C19H14ClIN2O3/c1-11-4-6-13(22-19(25)17-3-2-8-26-17)10-16(11)23-18(24)14-9-12(21)5-7-15(14)20/h2-10H,1H3,(H,22,25)(H,23,24). The minimum Gasteiger partial charge on any atom is -0.459 e. The molecular weight excluding hydrogens is 467 g/mol. The van der Waals surface area contributed by atoms with E-state index in [4.69, 9.17) is 16.0 Å². The SMILES string of the molecule is Cc1ccc(NC(=O)c2ccco2)cc1NC(=O)c1cc(I)ccc1Cl. The third-order valence-corrected chi connectivity index (χ3v) is 4.66. The number of hydrogen-bond acceptors (Lipinski definition) is 3. The van der Waals surface area contributed by atoms with Gasteiger partial charge in [0, 0.05) is 14.9 Å². The maximum absolute atomic E-state index is 12.6. The molecule has 0 spiro atoms. The molecule has 0 fully saturated rings. The first kappa shape index (κ1) is 18.5. The number of benzene rings is 2. The summed E-state index contributed by atoms with van der Waals surface area (Å²) in [6.45, 7) is 1.87. The van der Waals surface area contributed by atoms with Crippen LogP contribution < -0.4 is 10.6 Å². The molecule has 2 aromatic carbocycles. The molecule has 2 N–H and O–H groups in total. The zero-order valence-electron chi connectivity index (χ0n) is 13.7. The number of furan rings is 1. The average Bonchev–Trinajstić information content (AvgIpc) is 3.14. The van der Waals surface area contributed by atoms with Crippen LogP contribution in [0, 0.1) is 10.5 Å². The fourth-order valence-corrected chi connectivity index (χ4v) is 2.99. The van der Waals surface area contributed by atoms with E-state index in [2.05, 4.69) is 33.2 Å². The van der Waals surface area contributed by atoms with Crippen molar-refractivity contribution >= 4 is 57.4 Å². The molecule has 1 heterocycles. The third-order valence-electron chi connectivity index (χ3n) is 3.66. The molecule has 132 valence electrons. The van der Waals surface area contributed by atoms with Gasteiger partial charge in [0.25, 0.3) is 11.8 Å². The van der Waals surface area contributed by atoms with Gasteiger partial charge in [0.05, 0.1) is 16.8 Å². The lowest BCUT2D eigenvalue weighted by molar-refractivity contribution is 0.0995. The molecule has 0 atom stereocenters. The highest BCUT2D eigenvalue weighted by atomic mass is 127. The van der Waals surface area contributed by atoms with Gasteiger partial charge < -0.3 is 15.1 Å². The van der Waals surface area contributed by atoms with Crippen LogP contribution in [0.5, 0.6) is 0 Å². The Morgan fingerprint density at radius 2 is 1.85 bits per heavy atom. The Bertz CT molecular complexity index is 971. The molecule has 2 amide bonds. The summed E-state index contributed by atoms with van der Waals surface area (Å²) in [6.07, 6.45) is 1.43. The van der Waals surface area contributed by atoms with E-state index in [1.54, 1.807) is 36.4 Å². The van der Waals surface area contributed by atoms with Crippen LogP contribution in [0.1, 0.15) is 26.5 Å². The monoisotopic (exact) mass is 480 g/mol. The fraction of sp³-hybridized carbons (Fsp3) is 0.0526. The van der Waals surface area contributed by atoms with Gasteiger partial charge in [-0.05, 0) is 77.5 Å². The van der Waals surface area contributed by atoms with Gasteiger partial charge >= 0.3 is 0 Å². The Balaban J connectivity index is 1.80. The topological polar surface area (TPSA) is 71.3 Å². The number of anilines is 2. The summed E-state index contributed by atoms with van der Waals surface area (Å²) in [5, 5.41) is 5.95. The molecule has 1 aromatic heterocycles. The van der Waals surface area contributed by atoms with Gasteiger partial charge in [-0.1, -0.05) is 17.7 Å². The summed E-state index contributed by atoms with van der Waals surface area (Å²) < 4.78 is 5.98. The second-order valence-corrected chi connectivity index (χ2v) is 7.19. The van der Waals surface area contributed by atoms with Crippen LogP contribution in [0.25, 0.3) is 0 Å². The summed E-state index contributed by atoms with van der Waals surface area (Å²) in [5.74, 6) is -0.468. The Morgan fingerprint density at radius 1 is 1.04 bits per heavy atom. The summed E-state index contributed by atoms with van der Waals surface area (Å²) in [7, 11) is 0. The lowest BCUT2D eigenvalue weighted by Gasteiger charge is -2.12. The summed E-state index contributed by atoms with van der Waals surface area (Å²) in [5.41, 5.74) is 2.38. The van der Waals surface area contributed by atoms with Crippen LogP contribution in [-0.2, 0) is 0 Å². The third kappa shape index (κ3) is 4.25. The van der Waals surface area contributed by atoms with Crippen molar-refractivity contribution < 1.29 is 14.0 Å². The van der Waals surface area contributed by atoms with Crippen LogP contribution in [0.3, 0.4) is 0 Å². The molecule has 0 radical (unpaired) electrons. The predicted octanol–water partition coefficient (Wildman–Crippen LogP) is 5.35. The molecule has 26 heavy (non-hydrogen) atoms. The Hall–Kier alpha value is -2.32. The predicted molar refractivity (Wildman–Crippen MR) is 110 cm³/mol. The number of carbonyl (C=O) groups excluding carboxylic acids is 2. The van der Waals surface area contributed by atoms with Gasteiger partial charge in [-0.2, -0.15) is 0 Å². The van der Waals surface area contributed by atoms with Crippen LogP contribution in [0.2, 0.25) is 5.02 Å². The number of rotatable bonds is 4. The first-order chi connectivity index (χ1) is 12.4. The highest BCUT2D eigenvalue weighted by molar-refractivity contribution is 14.1. The van der Waals surface area contributed by atoms with Crippen molar-refractivity contribution in [1.29, 1.82) is 0 Å². The highest BCUT2D eigenvalue weighted by Gasteiger charge is 2.14. The maximum Gasteiger partial charge on any atom is 0.291 e. The van der Waals surface area contributed by atoms with E-state index in [-0.39, 0.29) is 17.6 Å². The second-order valence-electron chi connectivity index (χ2n) is 5.54. The Kier molecular flexibility index (Phi) is 5.63. The Morgan fingerprint density at radius 3 is 2.58 bits per heavy atom. The molecule has 3 aromatic rings. The average molecular weight is 481 g/mol. The molecular formula is C19H14ClIN2O3. The number of hydrogen-bond donors (Lipinski definition) is 2. The van der Waals surface area contributed by atoms with Crippen molar-refractivity contribution in [2.45, 2.75) is 6.92 Å². The minimum atomic E-state index is -0.364. The number of halogens is 2. The van der Waals surface area contributed by atoms with E-state index < -0.39 is 0 Å². The van der Waals surface area contributed by atoms with Crippen molar-refractivity contribution in [3.05, 3.63) is 80.3 Å². The smallest absolute Gasteiger partial charge is 0.291 e. The van der Waals surface area contributed by atoms with E-state index in [1.165, 1.54) is 6.26 Å². The number of aryl methyl sites for hydroxylation is 1. The molecule has 3 rings (SSSR count). The van der Waals surface area contributed by atoms with Gasteiger partial charge in [-0.25, -0.2) is 0 Å². The number of carbonyl (C=O) groups is 2. The quantitative estimate of drug-likeness (QED) is 0.495. The van der Waals surface area contributed by atoms with E-state index in [0.29, 0.717) is 22.0 Å². The van der Waals surface area contributed by atoms with Crippen molar-refractivity contribution in [3.63, 3.8) is 0 Å². The molecule has 7 heteroatoms. The van der Waals surface area contributed by atoms with E-state index in [0.717, 1.165) is 9.13 Å². The Labute approximate surface area is 168 Å². The van der Waals surface area contributed by atoms with Crippen molar-refractivity contribution in [2.75, 3.05) is 10.6 Å². The van der Waals surface area contributed by atoms with Gasteiger partial charge in [0.15, 0.2) is 5.76 Å². The largest absolute Gasteiger partial charge is 0.459 e. The highest BCUT2D eigenvalue weighted by Crippen LogP contribution is 2.24. The van der Waals surface area contributed by atoms with Crippen molar-refractivity contribution in [3.8, 4) is 0 Å². The van der Waals surface area contributed by atoms with E-state index in [1.807, 2.05) is 19.1 Å². The normalized spacial score (nSPS) is 10.4. The molecule has 0 saturated carbocycles. The lowest BCUT2D eigenvalue weighted by Crippen LogP contribution is -2.15. The molecule has 0 aliphatic heterocycles. The molecule has 0 aliphatic carbocycles. The molecule has 5 nitrogen and oxygen atoms in total. The first-order valence-electron chi connectivity index (χ1n) is 7.66. The minimum absolute atomic E-state index is 0.210. The van der Waals surface area contributed by atoms with Crippen LogP contribution in [0.15, 0.2) is 59.2 Å². The molecule has 0 bridgehead atoms. The molecule has 0 unspecified atom stereocenters. The van der Waals surface area contributed by atoms with E-state index >= 15 is 0 Å². The molecule has 0 saturated heterocycles.